The molecule has 0 aromatic heterocycles. The van der Waals surface area contributed by atoms with Gasteiger partial charge in [0.2, 0.25) is 0 Å². The van der Waals surface area contributed by atoms with Crippen LogP contribution in [0.4, 0.5) is 0 Å². The molecule has 1 rings (SSSR count). The molecule has 90 valence electrons. The maximum atomic E-state index is 9.61. The van der Waals surface area contributed by atoms with E-state index in [2.05, 4.69) is 11.9 Å². The highest BCUT2D eigenvalue weighted by molar-refractivity contribution is 4.80. The second kappa shape index (κ2) is 6.43. The van der Waals surface area contributed by atoms with Gasteiger partial charge in [-0.2, -0.15) is 0 Å². The van der Waals surface area contributed by atoms with Gasteiger partial charge in [-0.1, -0.05) is 0 Å². The zero-order chi connectivity index (χ0) is 11.3. The van der Waals surface area contributed by atoms with E-state index in [4.69, 9.17) is 10.5 Å². The minimum absolute atomic E-state index is 0.379. The zero-order valence-electron chi connectivity index (χ0n) is 9.85. The number of hydrogen-bond acceptors (Lipinski definition) is 4. The molecule has 4 nitrogen and oxygen atoms in total. The van der Waals surface area contributed by atoms with Crippen molar-refractivity contribution in [3.63, 3.8) is 0 Å². The lowest BCUT2D eigenvalue weighted by atomic mass is 9.91. The SMILES string of the molecule is COCC(O)CN(C)C1CCC(N)CC1. The summed E-state index contributed by atoms with van der Waals surface area (Å²) in [5, 5.41) is 9.61. The molecule has 4 heteroatoms. The summed E-state index contributed by atoms with van der Waals surface area (Å²) in [6.45, 7) is 1.10. The van der Waals surface area contributed by atoms with Crippen molar-refractivity contribution in [2.75, 3.05) is 27.3 Å². The Kier molecular flexibility index (Phi) is 5.53. The molecule has 0 amide bonds. The van der Waals surface area contributed by atoms with E-state index in [0.29, 0.717) is 25.2 Å². The highest BCUT2D eigenvalue weighted by Crippen LogP contribution is 2.21. The molecule has 0 aliphatic heterocycles. The second-order valence-corrected chi connectivity index (χ2v) is 4.62. The fraction of sp³-hybridized carbons (Fsp3) is 1.00. The third-order valence-corrected chi connectivity index (χ3v) is 3.22. The Labute approximate surface area is 92.4 Å². The van der Waals surface area contributed by atoms with Crippen LogP contribution in [0.25, 0.3) is 0 Å². The molecule has 1 atom stereocenters. The largest absolute Gasteiger partial charge is 0.389 e. The molecule has 15 heavy (non-hydrogen) atoms. The minimum atomic E-state index is -0.379. The molecule has 0 bridgehead atoms. The van der Waals surface area contributed by atoms with E-state index >= 15 is 0 Å². The topological polar surface area (TPSA) is 58.7 Å². The smallest absolute Gasteiger partial charge is 0.0900 e. The summed E-state index contributed by atoms with van der Waals surface area (Å²) in [5.41, 5.74) is 5.86. The van der Waals surface area contributed by atoms with E-state index in [0.717, 1.165) is 25.7 Å². The first-order valence-corrected chi connectivity index (χ1v) is 5.76. The van der Waals surface area contributed by atoms with Gasteiger partial charge in [0.1, 0.15) is 0 Å². The number of aliphatic hydroxyl groups is 1. The Bertz CT molecular complexity index is 170. The van der Waals surface area contributed by atoms with Crippen LogP contribution in [0.1, 0.15) is 25.7 Å². The summed E-state index contributed by atoms with van der Waals surface area (Å²) >= 11 is 0. The molecule has 0 aromatic rings. The molecule has 1 aliphatic rings. The number of nitrogens with two attached hydrogens (primary N) is 1. The molecule has 1 aliphatic carbocycles. The van der Waals surface area contributed by atoms with Crippen molar-refractivity contribution in [3.8, 4) is 0 Å². The van der Waals surface area contributed by atoms with Crippen LogP contribution in [0.2, 0.25) is 0 Å². The number of nitrogens with zero attached hydrogens (tertiary/aromatic N) is 1. The van der Waals surface area contributed by atoms with Crippen LogP contribution in [0.3, 0.4) is 0 Å². The Balaban J connectivity index is 2.24. The van der Waals surface area contributed by atoms with Gasteiger partial charge in [-0.3, -0.25) is 0 Å². The molecule has 0 heterocycles. The van der Waals surface area contributed by atoms with E-state index in [-0.39, 0.29) is 6.10 Å². The summed E-state index contributed by atoms with van der Waals surface area (Å²) in [4.78, 5) is 2.23. The van der Waals surface area contributed by atoms with E-state index in [1.54, 1.807) is 7.11 Å². The van der Waals surface area contributed by atoms with Gasteiger partial charge in [-0.25, -0.2) is 0 Å². The van der Waals surface area contributed by atoms with Gasteiger partial charge in [0.15, 0.2) is 0 Å². The monoisotopic (exact) mass is 216 g/mol. The minimum Gasteiger partial charge on any atom is -0.389 e. The van der Waals surface area contributed by atoms with Crippen molar-refractivity contribution in [1.29, 1.82) is 0 Å². The number of aliphatic hydroxyl groups excluding tert-OH is 1. The molecular formula is C11H24N2O2. The standard InChI is InChI=1S/C11H24N2O2/c1-13(7-11(14)8-15-2)10-5-3-9(12)4-6-10/h9-11,14H,3-8,12H2,1-2H3. The average Bonchev–Trinajstić information content (AvgIpc) is 2.18. The number of likely N-dealkylation sites (N-methyl/N-ethyl adjacent to an activating group) is 1. The summed E-state index contributed by atoms with van der Waals surface area (Å²) in [6, 6.07) is 0.967. The predicted octanol–water partition coefficient (Wildman–Crippen LogP) is 0.195. The predicted molar refractivity (Wildman–Crippen MR) is 60.7 cm³/mol. The average molecular weight is 216 g/mol. The zero-order valence-corrected chi connectivity index (χ0v) is 9.85. The lowest BCUT2D eigenvalue weighted by Crippen LogP contribution is -2.42. The molecule has 0 radical (unpaired) electrons. The Morgan fingerprint density at radius 2 is 2.00 bits per heavy atom. The number of ether oxygens (including phenoxy) is 1. The van der Waals surface area contributed by atoms with Crippen molar-refractivity contribution >= 4 is 0 Å². The van der Waals surface area contributed by atoms with Crippen LogP contribution in [0.15, 0.2) is 0 Å². The van der Waals surface area contributed by atoms with Crippen LogP contribution in [0, 0.1) is 0 Å². The van der Waals surface area contributed by atoms with Gasteiger partial charge in [0, 0.05) is 25.7 Å². The highest BCUT2D eigenvalue weighted by Gasteiger charge is 2.23. The van der Waals surface area contributed by atoms with Crippen LogP contribution in [0.5, 0.6) is 0 Å². The summed E-state index contributed by atoms with van der Waals surface area (Å²) < 4.78 is 4.91. The first-order chi connectivity index (χ1) is 7.13. The first-order valence-electron chi connectivity index (χ1n) is 5.76. The van der Waals surface area contributed by atoms with Crippen LogP contribution in [-0.2, 0) is 4.74 Å². The Morgan fingerprint density at radius 1 is 1.40 bits per heavy atom. The van der Waals surface area contributed by atoms with Crippen molar-refractivity contribution in [2.24, 2.45) is 5.73 Å². The molecule has 0 spiro atoms. The number of methoxy groups -OCH3 is 1. The van der Waals surface area contributed by atoms with Crippen molar-refractivity contribution in [3.05, 3.63) is 0 Å². The van der Waals surface area contributed by atoms with Crippen molar-refractivity contribution < 1.29 is 9.84 Å². The van der Waals surface area contributed by atoms with Gasteiger partial charge < -0.3 is 20.5 Å². The van der Waals surface area contributed by atoms with Gasteiger partial charge in [-0.15, -0.1) is 0 Å². The Morgan fingerprint density at radius 3 is 2.53 bits per heavy atom. The van der Waals surface area contributed by atoms with E-state index < -0.39 is 0 Å². The Hall–Kier alpha value is -0.160. The van der Waals surface area contributed by atoms with E-state index in [9.17, 15) is 5.11 Å². The van der Waals surface area contributed by atoms with E-state index in [1.165, 1.54) is 0 Å². The van der Waals surface area contributed by atoms with E-state index in [1.807, 2.05) is 0 Å². The van der Waals surface area contributed by atoms with Gasteiger partial charge in [-0.05, 0) is 32.7 Å². The lowest BCUT2D eigenvalue weighted by Gasteiger charge is -2.34. The fourth-order valence-electron chi connectivity index (χ4n) is 2.27. The van der Waals surface area contributed by atoms with Crippen molar-refractivity contribution in [2.45, 2.75) is 43.9 Å². The normalized spacial score (nSPS) is 29.4. The third-order valence-electron chi connectivity index (χ3n) is 3.22. The molecule has 0 aromatic carbocycles. The fourth-order valence-corrected chi connectivity index (χ4v) is 2.27. The summed E-state index contributed by atoms with van der Waals surface area (Å²) in [6.07, 6.45) is 4.13. The quantitative estimate of drug-likeness (QED) is 0.689. The first kappa shape index (κ1) is 12.9. The van der Waals surface area contributed by atoms with Gasteiger partial charge >= 0.3 is 0 Å². The van der Waals surface area contributed by atoms with Crippen LogP contribution >= 0.6 is 0 Å². The number of hydrogen-bond donors (Lipinski definition) is 2. The molecule has 3 N–H and O–H groups in total. The van der Waals surface area contributed by atoms with Crippen LogP contribution in [-0.4, -0.2) is 55.5 Å². The third kappa shape index (κ3) is 4.47. The molecular weight excluding hydrogens is 192 g/mol. The van der Waals surface area contributed by atoms with Gasteiger partial charge in [0.05, 0.1) is 12.7 Å². The second-order valence-electron chi connectivity index (χ2n) is 4.62. The number of rotatable bonds is 5. The highest BCUT2D eigenvalue weighted by atomic mass is 16.5. The summed E-state index contributed by atoms with van der Waals surface area (Å²) in [7, 11) is 3.68. The van der Waals surface area contributed by atoms with Gasteiger partial charge in [0.25, 0.3) is 0 Å². The summed E-state index contributed by atoms with van der Waals surface area (Å²) in [5.74, 6) is 0. The van der Waals surface area contributed by atoms with Crippen molar-refractivity contribution in [1.82, 2.24) is 4.90 Å². The molecule has 1 saturated carbocycles. The maximum absolute atomic E-state index is 9.61. The molecule has 1 fully saturated rings. The molecule has 1 unspecified atom stereocenters. The lowest BCUT2D eigenvalue weighted by molar-refractivity contribution is 0.0293. The maximum Gasteiger partial charge on any atom is 0.0900 e. The van der Waals surface area contributed by atoms with Crippen LogP contribution < -0.4 is 5.73 Å². The molecule has 0 saturated heterocycles.